The lowest BCUT2D eigenvalue weighted by atomic mass is 10.1. The highest BCUT2D eigenvalue weighted by atomic mass is 32.2. The largest absolute Gasteiger partial charge is 0.480 e. The number of ether oxygens (including phenoxy) is 1. The summed E-state index contributed by atoms with van der Waals surface area (Å²) >= 11 is 0. The highest BCUT2D eigenvalue weighted by Gasteiger charge is 2.20. The summed E-state index contributed by atoms with van der Waals surface area (Å²) in [5, 5.41) is 3.46. The monoisotopic (exact) mass is 453 g/mol. The number of nitrogens with two attached hydrogens (primary N) is 1. The molecule has 1 aromatic carbocycles. The Balaban J connectivity index is 0.00000218. The van der Waals surface area contributed by atoms with Gasteiger partial charge in [-0.1, -0.05) is 19.9 Å². The van der Waals surface area contributed by atoms with Gasteiger partial charge in [0.15, 0.2) is 0 Å². The van der Waals surface area contributed by atoms with Gasteiger partial charge in [0.1, 0.15) is 15.5 Å². The highest BCUT2D eigenvalue weighted by molar-refractivity contribution is 7.90. The molecular formula is C19H28N5O4PS. The maximum atomic E-state index is 12.4. The second-order valence-corrected chi connectivity index (χ2v) is 8.93. The van der Waals surface area contributed by atoms with E-state index in [1.54, 1.807) is 25.1 Å². The van der Waals surface area contributed by atoms with Gasteiger partial charge in [-0.2, -0.15) is 0 Å². The van der Waals surface area contributed by atoms with Crippen molar-refractivity contribution >= 4 is 41.8 Å². The number of rotatable bonds is 7. The number of amides is 1. The summed E-state index contributed by atoms with van der Waals surface area (Å²) in [7, 11) is 0.678. The average Bonchev–Trinajstić information content (AvgIpc) is 2.69. The number of anilines is 1. The van der Waals surface area contributed by atoms with Gasteiger partial charge < -0.3 is 15.8 Å². The molecular weight excluding hydrogens is 425 g/mol. The van der Waals surface area contributed by atoms with Crippen molar-refractivity contribution in [2.45, 2.75) is 26.8 Å². The van der Waals surface area contributed by atoms with Crippen LogP contribution in [0.15, 0.2) is 35.6 Å². The summed E-state index contributed by atoms with van der Waals surface area (Å²) in [5.41, 5.74) is 6.87. The molecule has 0 fully saturated rings. The number of aliphatic imine (C=N–C) groups is 1. The van der Waals surface area contributed by atoms with Crippen LogP contribution in [0.4, 0.5) is 5.69 Å². The second kappa shape index (κ2) is 11.6. The first-order chi connectivity index (χ1) is 14.1. The first kappa shape index (κ1) is 25.5. The van der Waals surface area contributed by atoms with E-state index in [2.05, 4.69) is 29.5 Å². The van der Waals surface area contributed by atoms with E-state index >= 15 is 0 Å². The van der Waals surface area contributed by atoms with E-state index in [4.69, 9.17) is 10.5 Å². The molecule has 9 nitrogen and oxygen atoms in total. The number of methoxy groups -OCH3 is 1. The smallest absolute Gasteiger partial charge is 0.275 e. The summed E-state index contributed by atoms with van der Waals surface area (Å²) in [6, 6.07) is 4.41. The van der Waals surface area contributed by atoms with Gasteiger partial charge in [0, 0.05) is 11.9 Å². The minimum absolute atomic E-state index is 0.112. The molecule has 0 saturated carbocycles. The molecule has 1 heterocycles. The van der Waals surface area contributed by atoms with Crippen molar-refractivity contribution in [1.29, 1.82) is 0 Å². The molecule has 2 rings (SSSR count). The molecule has 2 atom stereocenters. The molecule has 0 radical (unpaired) electrons. The van der Waals surface area contributed by atoms with E-state index < -0.39 is 21.8 Å². The zero-order valence-electron chi connectivity index (χ0n) is 17.7. The normalized spacial score (nSPS) is 12.4. The fourth-order valence-electron chi connectivity index (χ4n) is 2.40. The number of carbonyl (C=O) groups is 1. The SMILES string of the molecule is CC.COc1cnc(C(=O)Nc2ccc(P)c(C(CS(C)(=O)=O)N=C(C)N)c2)cn1. The van der Waals surface area contributed by atoms with E-state index in [1.807, 2.05) is 13.8 Å². The zero-order chi connectivity index (χ0) is 22.9. The van der Waals surface area contributed by atoms with Gasteiger partial charge in [-0.25, -0.2) is 18.4 Å². The van der Waals surface area contributed by atoms with Gasteiger partial charge in [-0.05, 0) is 29.9 Å². The van der Waals surface area contributed by atoms with Crippen molar-refractivity contribution in [2.75, 3.05) is 24.4 Å². The Kier molecular flexibility index (Phi) is 9.81. The predicted octanol–water partition coefficient (Wildman–Crippen LogP) is 1.73. The van der Waals surface area contributed by atoms with Gasteiger partial charge >= 0.3 is 0 Å². The van der Waals surface area contributed by atoms with Gasteiger partial charge in [-0.15, -0.1) is 9.24 Å². The van der Waals surface area contributed by atoms with Crippen molar-refractivity contribution in [3.63, 3.8) is 0 Å². The number of nitrogens with zero attached hydrogens (tertiary/aromatic N) is 3. The fourth-order valence-corrected chi connectivity index (χ4v) is 3.60. The maximum Gasteiger partial charge on any atom is 0.275 e. The molecule has 0 aliphatic carbocycles. The van der Waals surface area contributed by atoms with Crippen LogP contribution in [-0.2, 0) is 9.84 Å². The minimum atomic E-state index is -3.31. The second-order valence-electron chi connectivity index (χ2n) is 6.12. The molecule has 3 N–H and O–H groups in total. The first-order valence-electron chi connectivity index (χ1n) is 9.13. The van der Waals surface area contributed by atoms with Crippen molar-refractivity contribution in [3.05, 3.63) is 41.9 Å². The van der Waals surface area contributed by atoms with Gasteiger partial charge in [-0.3, -0.25) is 9.79 Å². The van der Waals surface area contributed by atoms with E-state index in [0.29, 0.717) is 17.1 Å². The first-order valence-corrected chi connectivity index (χ1v) is 11.8. The number of benzene rings is 1. The predicted molar refractivity (Wildman–Crippen MR) is 123 cm³/mol. The molecule has 2 unspecified atom stereocenters. The van der Waals surface area contributed by atoms with Crippen LogP contribution >= 0.6 is 9.24 Å². The van der Waals surface area contributed by atoms with Crippen LogP contribution in [0, 0.1) is 0 Å². The van der Waals surface area contributed by atoms with Crippen LogP contribution in [0.1, 0.15) is 42.9 Å². The standard InChI is InChI=1S/C17H22N5O4PS.C2H6/c1-10(18)21-14(9-28(3,24)25)12-6-11(4-5-15(12)27)22-17(23)13-7-20-16(26-2)8-19-13;1-2/h4-8,14H,9,27H2,1-3H3,(H2,18,21)(H,22,23);1-2H3. The summed E-state index contributed by atoms with van der Waals surface area (Å²) in [4.78, 5) is 24.6. The van der Waals surface area contributed by atoms with Crippen molar-refractivity contribution < 1.29 is 17.9 Å². The van der Waals surface area contributed by atoms with Crippen LogP contribution in [0.5, 0.6) is 5.88 Å². The van der Waals surface area contributed by atoms with Gasteiger partial charge in [0.2, 0.25) is 5.88 Å². The molecule has 0 saturated heterocycles. The van der Waals surface area contributed by atoms with E-state index in [1.165, 1.54) is 19.5 Å². The number of hydrogen-bond donors (Lipinski definition) is 2. The summed E-state index contributed by atoms with van der Waals surface area (Å²) < 4.78 is 28.5. The Morgan fingerprint density at radius 2 is 1.97 bits per heavy atom. The molecule has 1 amide bonds. The maximum absolute atomic E-state index is 12.4. The highest BCUT2D eigenvalue weighted by Crippen LogP contribution is 2.23. The Morgan fingerprint density at radius 3 is 2.47 bits per heavy atom. The molecule has 0 aliphatic heterocycles. The fraction of sp³-hybridized carbons (Fsp3) is 0.368. The number of carbonyl (C=O) groups excluding carboxylic acids is 1. The number of hydrogen-bond acceptors (Lipinski definition) is 7. The van der Waals surface area contributed by atoms with Crippen LogP contribution in [0.2, 0.25) is 0 Å². The van der Waals surface area contributed by atoms with Crippen LogP contribution in [0.25, 0.3) is 0 Å². The molecule has 0 aliphatic rings. The number of aromatic nitrogens is 2. The third-order valence-corrected chi connectivity index (χ3v) is 5.04. The number of amidine groups is 1. The minimum Gasteiger partial charge on any atom is -0.480 e. The van der Waals surface area contributed by atoms with E-state index in [9.17, 15) is 13.2 Å². The third kappa shape index (κ3) is 8.04. The topological polar surface area (TPSA) is 137 Å². The van der Waals surface area contributed by atoms with Crippen molar-refractivity contribution in [3.8, 4) is 5.88 Å². The molecule has 0 spiro atoms. The van der Waals surface area contributed by atoms with E-state index in [-0.39, 0.29) is 17.3 Å². The molecule has 2 aromatic rings. The average molecular weight is 454 g/mol. The molecule has 0 bridgehead atoms. The summed E-state index contributed by atoms with van der Waals surface area (Å²) in [6.07, 6.45) is 3.78. The van der Waals surface area contributed by atoms with E-state index in [0.717, 1.165) is 11.6 Å². The van der Waals surface area contributed by atoms with Crippen molar-refractivity contribution in [1.82, 2.24) is 9.97 Å². The summed E-state index contributed by atoms with van der Waals surface area (Å²) in [6.45, 7) is 5.59. The van der Waals surface area contributed by atoms with Crippen molar-refractivity contribution in [2.24, 2.45) is 10.7 Å². The molecule has 30 heavy (non-hydrogen) atoms. The van der Waals surface area contributed by atoms with Gasteiger partial charge in [0.25, 0.3) is 5.91 Å². The lowest BCUT2D eigenvalue weighted by molar-refractivity contribution is 0.102. The Labute approximate surface area is 179 Å². The van der Waals surface area contributed by atoms with Crippen LogP contribution in [-0.4, -0.2) is 49.2 Å². The number of nitrogens with one attached hydrogen (secondary N) is 1. The summed E-state index contributed by atoms with van der Waals surface area (Å²) in [5.74, 6) is -0.105. The third-order valence-electron chi connectivity index (χ3n) is 3.59. The lowest BCUT2D eigenvalue weighted by Crippen LogP contribution is -2.20. The lowest BCUT2D eigenvalue weighted by Gasteiger charge is -2.17. The Bertz CT molecular complexity index is 990. The number of sulfone groups is 1. The van der Waals surface area contributed by atoms with Crippen LogP contribution < -0.4 is 21.1 Å². The molecule has 164 valence electrons. The Hall–Kier alpha value is -2.58. The Morgan fingerprint density at radius 1 is 1.30 bits per heavy atom. The molecule has 1 aromatic heterocycles. The van der Waals surface area contributed by atoms with Gasteiger partial charge in [0.05, 0.1) is 37.1 Å². The quantitative estimate of drug-likeness (QED) is 0.370. The molecule has 11 heteroatoms. The zero-order valence-corrected chi connectivity index (χ0v) is 19.7. The van der Waals surface area contributed by atoms with Crippen LogP contribution in [0.3, 0.4) is 0 Å².